The average Bonchev–Trinajstić information content (AvgIpc) is 2.33. The van der Waals surface area contributed by atoms with E-state index in [1.165, 1.54) is 5.39 Å². The molecule has 2 heteroatoms. The lowest BCUT2D eigenvalue weighted by Crippen LogP contribution is -2.16. The molecule has 0 fully saturated rings. The van der Waals surface area contributed by atoms with Gasteiger partial charge in [-0.1, -0.05) is 62.0 Å². The molecule has 0 saturated heterocycles. The summed E-state index contributed by atoms with van der Waals surface area (Å²) in [4.78, 5) is 0. The summed E-state index contributed by atoms with van der Waals surface area (Å²) in [6.45, 7) is 7.17. The summed E-state index contributed by atoms with van der Waals surface area (Å²) in [5.74, 6) is 4.04. The number of ether oxygens (including phenoxy) is 1. The van der Waals surface area contributed by atoms with Crippen LogP contribution in [0.3, 0.4) is 0 Å². The van der Waals surface area contributed by atoms with Crippen LogP contribution in [-0.4, -0.2) is 14.7 Å². The molecule has 0 atom stereocenters. The highest BCUT2D eigenvalue weighted by Crippen LogP contribution is 2.24. The zero-order valence-corrected chi connectivity index (χ0v) is 12.2. The minimum Gasteiger partial charge on any atom is -0.480 e. The molecule has 92 valence electrons. The molecule has 0 saturated carbocycles. The summed E-state index contributed by atoms with van der Waals surface area (Å²) in [5.41, 5.74) is 3.30. The first-order chi connectivity index (χ1) is 8.56. The molecule has 2 aromatic carbocycles. The van der Waals surface area contributed by atoms with Crippen molar-refractivity contribution in [2.24, 2.45) is 0 Å². The van der Waals surface area contributed by atoms with Crippen molar-refractivity contribution in [2.45, 2.75) is 19.6 Å². The lowest BCUT2D eigenvalue weighted by atomic mass is 10.1. The molecule has 0 aliphatic rings. The van der Waals surface area contributed by atoms with E-state index < -0.39 is 8.07 Å². The maximum Gasteiger partial charge on any atom is 0.148 e. The summed E-state index contributed by atoms with van der Waals surface area (Å²) in [7, 11) is -1.29. The Labute approximate surface area is 110 Å². The molecule has 0 aromatic heterocycles. The zero-order chi connectivity index (χ0) is 13.0. The third-order valence-electron chi connectivity index (χ3n) is 2.51. The van der Waals surface area contributed by atoms with Crippen LogP contribution in [0.15, 0.2) is 42.5 Å². The molecule has 0 amide bonds. The number of hydrogen-bond acceptors (Lipinski definition) is 1. The van der Waals surface area contributed by atoms with E-state index in [1.807, 2.05) is 24.3 Å². The van der Waals surface area contributed by atoms with Crippen LogP contribution in [0.2, 0.25) is 19.6 Å². The summed E-state index contributed by atoms with van der Waals surface area (Å²) in [6.07, 6.45) is 0. The highest BCUT2D eigenvalue weighted by Gasteiger charge is 2.07. The molecule has 0 aliphatic heterocycles. The van der Waals surface area contributed by atoms with Crippen LogP contribution >= 0.6 is 0 Å². The van der Waals surface area contributed by atoms with Gasteiger partial charge in [-0.2, -0.15) is 0 Å². The number of fused-ring (bicyclic) bond motifs is 1. The smallest absolute Gasteiger partial charge is 0.148 e. The maximum atomic E-state index is 5.76. The van der Waals surface area contributed by atoms with Crippen molar-refractivity contribution in [3.05, 3.63) is 42.5 Å². The van der Waals surface area contributed by atoms with E-state index in [0.717, 1.165) is 11.1 Å². The highest BCUT2D eigenvalue weighted by atomic mass is 28.3. The Kier molecular flexibility index (Phi) is 3.74. The van der Waals surface area contributed by atoms with Crippen LogP contribution in [0.25, 0.3) is 10.8 Å². The van der Waals surface area contributed by atoms with Gasteiger partial charge in [0.15, 0.2) is 0 Å². The molecule has 1 nitrogen and oxygen atoms in total. The number of benzene rings is 2. The normalized spacial score (nSPS) is 10.8. The van der Waals surface area contributed by atoms with Crippen LogP contribution < -0.4 is 4.74 Å². The fourth-order valence-electron chi connectivity index (χ4n) is 1.74. The fourth-order valence-corrected chi connectivity index (χ4v) is 2.34. The van der Waals surface area contributed by atoms with E-state index in [2.05, 4.69) is 49.3 Å². The molecular formula is C16H18OSi. The lowest BCUT2D eigenvalue weighted by Gasteiger charge is -2.07. The van der Waals surface area contributed by atoms with E-state index in [1.54, 1.807) is 0 Å². The minimum absolute atomic E-state index is 0.471. The second kappa shape index (κ2) is 5.28. The van der Waals surface area contributed by atoms with E-state index in [0.29, 0.717) is 6.61 Å². The Bertz CT molecular complexity index is 594. The van der Waals surface area contributed by atoms with Gasteiger partial charge in [0.05, 0.1) is 0 Å². The molecule has 2 aromatic rings. The molecule has 2 rings (SSSR count). The Balaban J connectivity index is 2.15. The predicted molar refractivity (Wildman–Crippen MR) is 80.6 cm³/mol. The summed E-state index contributed by atoms with van der Waals surface area (Å²) < 4.78 is 5.76. The average molecular weight is 254 g/mol. The van der Waals surface area contributed by atoms with Crippen molar-refractivity contribution in [1.29, 1.82) is 0 Å². The molecule has 0 unspecified atom stereocenters. The first-order valence-electron chi connectivity index (χ1n) is 6.17. The molecule has 0 bridgehead atoms. The first-order valence-corrected chi connectivity index (χ1v) is 9.67. The third-order valence-corrected chi connectivity index (χ3v) is 3.44. The van der Waals surface area contributed by atoms with Gasteiger partial charge in [-0.25, -0.2) is 0 Å². The monoisotopic (exact) mass is 254 g/mol. The predicted octanol–water partition coefficient (Wildman–Crippen LogP) is 4.10. The number of hydrogen-bond donors (Lipinski definition) is 0. The summed E-state index contributed by atoms with van der Waals surface area (Å²) >= 11 is 0. The SMILES string of the molecule is C[Si](C)(C)C#CCOc1cccc2ccccc12. The number of rotatable bonds is 2. The summed E-state index contributed by atoms with van der Waals surface area (Å²) in [5, 5.41) is 2.35. The zero-order valence-electron chi connectivity index (χ0n) is 11.2. The van der Waals surface area contributed by atoms with Crippen molar-refractivity contribution in [3.63, 3.8) is 0 Å². The first kappa shape index (κ1) is 12.7. The fraction of sp³-hybridized carbons (Fsp3) is 0.250. The molecule has 0 spiro atoms. The van der Waals surface area contributed by atoms with E-state index in [4.69, 9.17) is 4.74 Å². The minimum atomic E-state index is -1.29. The molecule has 0 heterocycles. The van der Waals surface area contributed by atoms with Gasteiger partial charge in [0, 0.05) is 5.39 Å². The topological polar surface area (TPSA) is 9.23 Å². The Morgan fingerprint density at radius 1 is 1.00 bits per heavy atom. The van der Waals surface area contributed by atoms with Gasteiger partial charge in [0.25, 0.3) is 0 Å². The molecule has 18 heavy (non-hydrogen) atoms. The van der Waals surface area contributed by atoms with Crippen LogP contribution in [0.5, 0.6) is 5.75 Å². The summed E-state index contributed by atoms with van der Waals surface area (Å²) in [6, 6.07) is 14.4. The van der Waals surface area contributed by atoms with E-state index in [9.17, 15) is 0 Å². The van der Waals surface area contributed by atoms with Gasteiger partial charge in [-0.15, -0.1) is 5.54 Å². The van der Waals surface area contributed by atoms with Crippen LogP contribution in [0.4, 0.5) is 0 Å². The molecular weight excluding hydrogens is 236 g/mol. The molecule has 0 aliphatic carbocycles. The maximum absolute atomic E-state index is 5.76. The van der Waals surface area contributed by atoms with Crippen LogP contribution in [-0.2, 0) is 0 Å². The standard InChI is InChI=1S/C16H18OSi/c1-18(2,3)13-7-12-17-16-11-6-9-14-8-4-5-10-15(14)16/h4-6,8-11H,12H2,1-3H3. The van der Waals surface area contributed by atoms with Gasteiger partial charge < -0.3 is 4.74 Å². The third kappa shape index (κ3) is 3.38. The van der Waals surface area contributed by atoms with Crippen molar-refractivity contribution in [1.82, 2.24) is 0 Å². The van der Waals surface area contributed by atoms with Crippen molar-refractivity contribution < 1.29 is 4.74 Å². The second-order valence-corrected chi connectivity index (χ2v) is 10.1. The second-order valence-electron chi connectivity index (χ2n) is 5.32. The lowest BCUT2D eigenvalue weighted by molar-refractivity contribution is 0.375. The van der Waals surface area contributed by atoms with Crippen molar-refractivity contribution in [3.8, 4) is 17.2 Å². The van der Waals surface area contributed by atoms with Crippen LogP contribution in [0.1, 0.15) is 0 Å². The quantitative estimate of drug-likeness (QED) is 0.579. The van der Waals surface area contributed by atoms with E-state index in [-0.39, 0.29) is 0 Å². The van der Waals surface area contributed by atoms with Crippen molar-refractivity contribution in [2.75, 3.05) is 6.61 Å². The van der Waals surface area contributed by atoms with Gasteiger partial charge >= 0.3 is 0 Å². The van der Waals surface area contributed by atoms with Gasteiger partial charge in [0.1, 0.15) is 20.4 Å². The Hall–Kier alpha value is -1.72. The van der Waals surface area contributed by atoms with E-state index >= 15 is 0 Å². The van der Waals surface area contributed by atoms with Crippen molar-refractivity contribution >= 4 is 18.8 Å². The van der Waals surface area contributed by atoms with Gasteiger partial charge in [0.2, 0.25) is 0 Å². The molecule has 0 N–H and O–H groups in total. The highest BCUT2D eigenvalue weighted by molar-refractivity contribution is 6.83. The van der Waals surface area contributed by atoms with Gasteiger partial charge in [-0.3, -0.25) is 0 Å². The Morgan fingerprint density at radius 3 is 2.50 bits per heavy atom. The Morgan fingerprint density at radius 2 is 1.72 bits per heavy atom. The largest absolute Gasteiger partial charge is 0.480 e. The van der Waals surface area contributed by atoms with Gasteiger partial charge in [-0.05, 0) is 11.5 Å². The van der Waals surface area contributed by atoms with Crippen LogP contribution in [0, 0.1) is 11.5 Å². The molecule has 0 radical (unpaired) electrons.